The Morgan fingerprint density at radius 1 is 1.17 bits per heavy atom. The monoisotopic (exact) mass is 426 g/mol. The molecule has 0 atom stereocenters. The Labute approximate surface area is 179 Å². The van der Waals surface area contributed by atoms with Gasteiger partial charge in [-0.3, -0.25) is 18.7 Å². The fraction of sp³-hybridized carbons (Fsp3) is 0.364. The van der Waals surface area contributed by atoms with Gasteiger partial charge in [0.05, 0.1) is 11.1 Å². The zero-order valence-corrected chi connectivity index (χ0v) is 18.9. The summed E-state index contributed by atoms with van der Waals surface area (Å²) in [5.74, 6) is 0.0834. The number of thioether (sulfide) groups is 1. The summed E-state index contributed by atoms with van der Waals surface area (Å²) in [5.41, 5.74) is 3.27. The summed E-state index contributed by atoms with van der Waals surface area (Å²) in [6, 6.07) is 5.85. The van der Waals surface area contributed by atoms with Crippen LogP contribution in [0.1, 0.15) is 36.5 Å². The summed E-state index contributed by atoms with van der Waals surface area (Å²) in [4.78, 5) is 42.9. The van der Waals surface area contributed by atoms with Crippen LogP contribution >= 0.6 is 11.8 Å². The van der Waals surface area contributed by atoms with Crippen LogP contribution in [0.3, 0.4) is 0 Å². The summed E-state index contributed by atoms with van der Waals surface area (Å²) < 4.78 is 2.44. The number of rotatable bonds is 5. The quantitative estimate of drug-likeness (QED) is 0.634. The molecule has 0 radical (unpaired) electrons. The third kappa shape index (κ3) is 4.05. The zero-order valence-electron chi connectivity index (χ0n) is 18.1. The van der Waals surface area contributed by atoms with E-state index in [-0.39, 0.29) is 17.6 Å². The molecule has 0 aliphatic heterocycles. The van der Waals surface area contributed by atoms with E-state index in [4.69, 9.17) is 0 Å². The Balaban J connectivity index is 2.00. The molecule has 0 saturated carbocycles. The maximum atomic E-state index is 12.9. The Bertz CT molecular complexity index is 1260. The lowest BCUT2D eigenvalue weighted by atomic mass is 10.0. The van der Waals surface area contributed by atoms with Crippen molar-refractivity contribution in [2.45, 2.75) is 38.5 Å². The standard InChI is InChI=1S/C22H26N4O3S/c1-12(2)15-10-23-20-18(21(28)26(6)22(29)25(20)5)19(15)30-11-17(27)24-16-8-7-13(3)9-14(16)4/h7-10,12H,11H2,1-6H3,(H,24,27). The number of nitrogens with zero attached hydrogens (tertiary/aromatic N) is 3. The van der Waals surface area contributed by atoms with E-state index in [1.807, 2.05) is 45.9 Å². The fourth-order valence-corrected chi connectivity index (χ4v) is 4.49. The number of benzene rings is 1. The molecule has 30 heavy (non-hydrogen) atoms. The van der Waals surface area contributed by atoms with E-state index in [1.165, 1.54) is 23.4 Å². The van der Waals surface area contributed by atoms with Gasteiger partial charge >= 0.3 is 5.69 Å². The van der Waals surface area contributed by atoms with Gasteiger partial charge in [-0.1, -0.05) is 31.5 Å². The number of carbonyl (C=O) groups is 1. The number of hydrogen-bond donors (Lipinski definition) is 1. The number of anilines is 1. The van der Waals surface area contributed by atoms with E-state index in [2.05, 4.69) is 10.3 Å². The van der Waals surface area contributed by atoms with Gasteiger partial charge in [-0.25, -0.2) is 9.78 Å². The maximum Gasteiger partial charge on any atom is 0.332 e. The second-order valence-electron chi connectivity index (χ2n) is 7.76. The van der Waals surface area contributed by atoms with Gasteiger partial charge in [0.1, 0.15) is 5.65 Å². The van der Waals surface area contributed by atoms with Gasteiger partial charge < -0.3 is 5.32 Å². The molecule has 0 fully saturated rings. The van der Waals surface area contributed by atoms with Crippen LogP contribution < -0.4 is 16.6 Å². The van der Waals surface area contributed by atoms with Gasteiger partial charge in [-0.15, -0.1) is 11.8 Å². The number of nitrogens with one attached hydrogen (secondary N) is 1. The third-order valence-corrected chi connectivity index (χ3v) is 6.21. The molecule has 8 heteroatoms. The van der Waals surface area contributed by atoms with Crippen molar-refractivity contribution in [1.82, 2.24) is 14.1 Å². The lowest BCUT2D eigenvalue weighted by Crippen LogP contribution is -2.37. The van der Waals surface area contributed by atoms with Crippen molar-refractivity contribution in [3.8, 4) is 0 Å². The van der Waals surface area contributed by atoms with Gasteiger partial charge in [0.2, 0.25) is 5.91 Å². The van der Waals surface area contributed by atoms with E-state index in [9.17, 15) is 14.4 Å². The van der Waals surface area contributed by atoms with Crippen molar-refractivity contribution in [1.29, 1.82) is 0 Å². The first-order valence-electron chi connectivity index (χ1n) is 9.70. The van der Waals surface area contributed by atoms with Crippen molar-refractivity contribution >= 4 is 34.4 Å². The van der Waals surface area contributed by atoms with Crippen LogP contribution in [0.2, 0.25) is 0 Å². The number of aromatic nitrogens is 3. The molecule has 2 aromatic heterocycles. The summed E-state index contributed by atoms with van der Waals surface area (Å²) in [7, 11) is 3.04. The smallest absolute Gasteiger partial charge is 0.325 e. The molecule has 3 aromatic rings. The number of pyridine rings is 1. The Morgan fingerprint density at radius 3 is 2.50 bits per heavy atom. The molecule has 1 N–H and O–H groups in total. The molecule has 0 unspecified atom stereocenters. The highest BCUT2D eigenvalue weighted by Gasteiger charge is 2.20. The third-order valence-electron chi connectivity index (χ3n) is 5.07. The minimum absolute atomic E-state index is 0.105. The molecule has 0 saturated heterocycles. The van der Waals surface area contributed by atoms with Crippen LogP contribution in [0, 0.1) is 13.8 Å². The zero-order chi connectivity index (χ0) is 22.2. The maximum absolute atomic E-state index is 12.9. The Hall–Kier alpha value is -2.87. The van der Waals surface area contributed by atoms with Gasteiger partial charge in [0, 0.05) is 30.9 Å². The number of fused-ring (bicyclic) bond motifs is 1. The minimum Gasteiger partial charge on any atom is -0.325 e. The van der Waals surface area contributed by atoms with Gasteiger partial charge in [0.25, 0.3) is 5.56 Å². The van der Waals surface area contributed by atoms with Crippen molar-refractivity contribution in [3.63, 3.8) is 0 Å². The van der Waals surface area contributed by atoms with Gasteiger partial charge in [-0.2, -0.15) is 0 Å². The first-order chi connectivity index (χ1) is 14.1. The lowest BCUT2D eigenvalue weighted by molar-refractivity contribution is -0.113. The number of aryl methyl sites for hydroxylation is 3. The molecular formula is C22H26N4O3S. The second-order valence-corrected chi connectivity index (χ2v) is 8.74. The summed E-state index contributed by atoms with van der Waals surface area (Å²) in [5, 5.41) is 3.31. The summed E-state index contributed by atoms with van der Waals surface area (Å²) >= 11 is 1.30. The first kappa shape index (κ1) is 21.8. The van der Waals surface area contributed by atoms with Crippen LogP contribution in [-0.4, -0.2) is 25.8 Å². The predicted octanol–water partition coefficient (Wildman–Crippen LogP) is 3.10. The van der Waals surface area contributed by atoms with Crippen LogP contribution in [0.4, 0.5) is 5.69 Å². The van der Waals surface area contributed by atoms with E-state index in [0.29, 0.717) is 15.9 Å². The largest absolute Gasteiger partial charge is 0.332 e. The van der Waals surface area contributed by atoms with Gasteiger partial charge in [-0.05, 0) is 37.0 Å². The van der Waals surface area contributed by atoms with Crippen molar-refractivity contribution in [2.75, 3.05) is 11.1 Å². The molecular weight excluding hydrogens is 400 g/mol. The van der Waals surface area contributed by atoms with Crippen LogP contribution in [0.15, 0.2) is 38.9 Å². The normalized spacial score (nSPS) is 11.3. The van der Waals surface area contributed by atoms with Crippen molar-refractivity contribution < 1.29 is 4.79 Å². The predicted molar refractivity (Wildman–Crippen MR) is 122 cm³/mol. The molecule has 158 valence electrons. The minimum atomic E-state index is -0.430. The highest BCUT2D eigenvalue weighted by Crippen LogP contribution is 2.32. The molecule has 0 spiro atoms. The number of hydrogen-bond acceptors (Lipinski definition) is 5. The molecule has 0 aliphatic carbocycles. The van der Waals surface area contributed by atoms with E-state index in [1.54, 1.807) is 13.2 Å². The van der Waals surface area contributed by atoms with Crippen LogP contribution in [0.25, 0.3) is 11.0 Å². The Kier molecular flexibility index (Phi) is 6.17. The average Bonchev–Trinajstić information content (AvgIpc) is 2.70. The van der Waals surface area contributed by atoms with Gasteiger partial charge in [0.15, 0.2) is 0 Å². The topological polar surface area (TPSA) is 86.0 Å². The highest BCUT2D eigenvalue weighted by atomic mass is 32.2. The van der Waals surface area contributed by atoms with E-state index in [0.717, 1.165) is 26.9 Å². The van der Waals surface area contributed by atoms with Crippen LogP contribution in [-0.2, 0) is 18.9 Å². The summed E-state index contributed by atoms with van der Waals surface area (Å²) in [6.45, 7) is 7.97. The van der Waals surface area contributed by atoms with Crippen molar-refractivity contribution in [2.24, 2.45) is 14.1 Å². The molecule has 1 amide bonds. The highest BCUT2D eigenvalue weighted by molar-refractivity contribution is 8.00. The fourth-order valence-electron chi connectivity index (χ4n) is 3.36. The molecule has 2 heterocycles. The van der Waals surface area contributed by atoms with E-state index < -0.39 is 11.2 Å². The first-order valence-corrected chi connectivity index (χ1v) is 10.7. The molecule has 3 rings (SSSR count). The molecule has 0 bridgehead atoms. The Morgan fingerprint density at radius 2 is 1.87 bits per heavy atom. The molecule has 7 nitrogen and oxygen atoms in total. The SMILES string of the molecule is Cc1ccc(NC(=O)CSc2c(C(C)C)cnc3c2c(=O)n(C)c(=O)n3C)c(C)c1. The molecule has 0 aliphatic rings. The number of amides is 1. The van der Waals surface area contributed by atoms with Crippen LogP contribution in [0.5, 0.6) is 0 Å². The average molecular weight is 427 g/mol. The second kappa shape index (κ2) is 8.47. The lowest BCUT2D eigenvalue weighted by Gasteiger charge is -2.16. The number of carbonyl (C=O) groups excluding carboxylic acids is 1. The van der Waals surface area contributed by atoms with Crippen molar-refractivity contribution in [3.05, 3.63) is 61.9 Å². The molecule has 1 aromatic carbocycles. The van der Waals surface area contributed by atoms with E-state index >= 15 is 0 Å². The summed E-state index contributed by atoms with van der Waals surface area (Å²) in [6.07, 6.45) is 1.69.